The summed E-state index contributed by atoms with van der Waals surface area (Å²) in [5.74, 6) is 2.07. The Bertz CT molecular complexity index is 453. The second-order valence-electron chi connectivity index (χ2n) is 6.00. The van der Waals surface area contributed by atoms with Crippen LogP contribution in [0.1, 0.15) is 6.42 Å². The lowest BCUT2D eigenvalue weighted by Crippen LogP contribution is -2.62. The highest BCUT2D eigenvalue weighted by Gasteiger charge is 2.47. The van der Waals surface area contributed by atoms with Crippen LogP contribution in [-0.4, -0.2) is 120 Å². The van der Waals surface area contributed by atoms with Crippen LogP contribution in [0.2, 0.25) is 0 Å². The molecule has 0 saturated carbocycles. The maximum atomic E-state index is 10.2. The summed E-state index contributed by atoms with van der Waals surface area (Å²) < 4.78 is 10.3. The monoisotopic (exact) mass is 382 g/mol. The van der Waals surface area contributed by atoms with Crippen molar-refractivity contribution in [3.63, 3.8) is 0 Å². The maximum Gasteiger partial charge on any atom is 0.187 e. The normalized spacial score (nSPS) is 35.2. The first kappa shape index (κ1) is 23.2. The molecule has 152 valence electrons. The van der Waals surface area contributed by atoms with Crippen molar-refractivity contribution in [3.05, 3.63) is 0 Å². The standard InChI is InChI=1S/C15H26O11/c1-2-3-6(18)9(20)12(23)14(7(19)4-16)26-15-13(24)11(22)10(21)8(5-17)25-15/h1,6-24H,3-5H2/t6-,7+,8+,9-,10-,11-,12+,13+,14+,15-/m0/s1. The highest BCUT2D eigenvalue weighted by Crippen LogP contribution is 2.25. The van der Waals surface area contributed by atoms with E-state index in [9.17, 15) is 35.7 Å². The molecular formula is C15H26O11. The number of ether oxygens (including phenoxy) is 2. The van der Waals surface area contributed by atoms with Gasteiger partial charge in [-0.2, -0.15) is 0 Å². The van der Waals surface area contributed by atoms with Gasteiger partial charge in [-0.05, 0) is 0 Å². The summed E-state index contributed by atoms with van der Waals surface area (Å²) >= 11 is 0. The van der Waals surface area contributed by atoms with E-state index in [1.807, 2.05) is 0 Å². The van der Waals surface area contributed by atoms with Crippen LogP contribution < -0.4 is 0 Å². The Morgan fingerprint density at radius 1 is 0.923 bits per heavy atom. The molecule has 10 atom stereocenters. The topological polar surface area (TPSA) is 201 Å². The predicted molar refractivity (Wildman–Crippen MR) is 83.2 cm³/mol. The van der Waals surface area contributed by atoms with E-state index in [0.29, 0.717) is 0 Å². The molecule has 26 heavy (non-hydrogen) atoms. The SMILES string of the molecule is C#CC[C@H](O)[C@H](O)[C@@H](O)[C@H](O[C@@H]1O[C@H](CO)[C@H](O)[C@H](O)[C@H]1O)[C@H](O)CO. The van der Waals surface area contributed by atoms with Crippen molar-refractivity contribution < 1.29 is 55.4 Å². The van der Waals surface area contributed by atoms with Gasteiger partial charge in [0.1, 0.15) is 48.8 Å². The molecule has 1 fully saturated rings. The maximum absolute atomic E-state index is 10.2. The van der Waals surface area contributed by atoms with Crippen LogP contribution in [0.25, 0.3) is 0 Å². The molecule has 1 rings (SSSR count). The van der Waals surface area contributed by atoms with Gasteiger partial charge in [0.2, 0.25) is 0 Å². The van der Waals surface area contributed by atoms with E-state index in [2.05, 4.69) is 5.92 Å². The smallest absolute Gasteiger partial charge is 0.187 e. The molecule has 1 heterocycles. The van der Waals surface area contributed by atoms with Crippen molar-refractivity contribution in [2.75, 3.05) is 13.2 Å². The van der Waals surface area contributed by atoms with Gasteiger partial charge in [-0.25, -0.2) is 0 Å². The van der Waals surface area contributed by atoms with E-state index in [1.54, 1.807) is 0 Å². The average molecular weight is 382 g/mol. The van der Waals surface area contributed by atoms with E-state index in [0.717, 1.165) is 0 Å². The average Bonchev–Trinajstić information content (AvgIpc) is 2.64. The lowest BCUT2D eigenvalue weighted by molar-refractivity contribution is -0.328. The van der Waals surface area contributed by atoms with Gasteiger partial charge in [0.25, 0.3) is 0 Å². The van der Waals surface area contributed by atoms with Crippen LogP contribution in [-0.2, 0) is 9.47 Å². The molecule has 1 aliphatic rings. The first-order valence-corrected chi connectivity index (χ1v) is 7.92. The molecule has 0 aromatic heterocycles. The van der Waals surface area contributed by atoms with E-state index in [4.69, 9.17) is 26.1 Å². The van der Waals surface area contributed by atoms with Crippen LogP contribution >= 0.6 is 0 Å². The Hall–Kier alpha value is -0.880. The fraction of sp³-hybridized carbons (Fsp3) is 0.867. The second kappa shape index (κ2) is 10.5. The van der Waals surface area contributed by atoms with E-state index in [-0.39, 0.29) is 6.42 Å². The predicted octanol–water partition coefficient (Wildman–Crippen LogP) is -5.37. The Morgan fingerprint density at radius 2 is 1.54 bits per heavy atom. The van der Waals surface area contributed by atoms with Crippen LogP contribution in [0, 0.1) is 12.3 Å². The highest BCUT2D eigenvalue weighted by molar-refractivity contribution is 4.95. The summed E-state index contributed by atoms with van der Waals surface area (Å²) in [6.45, 7) is -1.65. The van der Waals surface area contributed by atoms with Crippen LogP contribution in [0.4, 0.5) is 0 Å². The van der Waals surface area contributed by atoms with E-state index in [1.165, 1.54) is 0 Å². The molecule has 11 nitrogen and oxygen atoms in total. The number of hydrogen-bond acceptors (Lipinski definition) is 11. The highest BCUT2D eigenvalue weighted by atomic mass is 16.7. The summed E-state index contributed by atoms with van der Waals surface area (Å²) in [6, 6.07) is 0. The van der Waals surface area contributed by atoms with E-state index < -0.39 is 74.4 Å². The molecule has 0 bridgehead atoms. The van der Waals surface area contributed by atoms with Crippen molar-refractivity contribution in [1.82, 2.24) is 0 Å². The minimum atomic E-state index is -1.96. The van der Waals surface area contributed by atoms with Crippen molar-refractivity contribution in [2.24, 2.45) is 0 Å². The molecule has 0 unspecified atom stereocenters. The fourth-order valence-corrected chi connectivity index (χ4v) is 2.50. The molecule has 1 aliphatic heterocycles. The van der Waals surface area contributed by atoms with Gasteiger partial charge < -0.3 is 55.4 Å². The molecule has 1 saturated heterocycles. The fourth-order valence-electron chi connectivity index (χ4n) is 2.50. The Kier molecular flexibility index (Phi) is 9.31. The Balaban J connectivity index is 2.94. The molecule has 0 spiro atoms. The van der Waals surface area contributed by atoms with E-state index >= 15 is 0 Å². The minimum absolute atomic E-state index is 0.319. The summed E-state index contributed by atoms with van der Waals surface area (Å²) in [6.07, 6.45) is -12.6. The van der Waals surface area contributed by atoms with Gasteiger partial charge in [0.15, 0.2) is 6.29 Å². The number of hydrogen-bond donors (Lipinski definition) is 9. The summed E-state index contributed by atoms with van der Waals surface area (Å²) in [5.41, 5.74) is 0. The number of terminal acetylenes is 1. The molecule has 0 radical (unpaired) electrons. The molecule has 0 amide bonds. The number of aliphatic hydroxyl groups is 9. The number of aliphatic hydroxyl groups excluding tert-OH is 9. The van der Waals surface area contributed by atoms with Gasteiger partial charge in [-0.15, -0.1) is 12.3 Å². The Morgan fingerprint density at radius 3 is 2.04 bits per heavy atom. The lowest BCUT2D eigenvalue weighted by atomic mass is 9.96. The van der Waals surface area contributed by atoms with Gasteiger partial charge in [-0.3, -0.25) is 0 Å². The largest absolute Gasteiger partial charge is 0.394 e. The summed E-state index contributed by atoms with van der Waals surface area (Å²) in [4.78, 5) is 0. The third-order valence-corrected chi connectivity index (χ3v) is 4.11. The minimum Gasteiger partial charge on any atom is -0.394 e. The van der Waals surface area contributed by atoms with Gasteiger partial charge in [0, 0.05) is 6.42 Å². The number of rotatable bonds is 9. The van der Waals surface area contributed by atoms with Gasteiger partial charge >= 0.3 is 0 Å². The summed E-state index contributed by atoms with van der Waals surface area (Å²) in [5, 5.41) is 87.2. The summed E-state index contributed by atoms with van der Waals surface area (Å²) in [7, 11) is 0. The lowest BCUT2D eigenvalue weighted by Gasteiger charge is -2.42. The zero-order valence-corrected chi connectivity index (χ0v) is 13.8. The van der Waals surface area contributed by atoms with Crippen molar-refractivity contribution in [1.29, 1.82) is 0 Å². The molecule has 0 aromatic carbocycles. The van der Waals surface area contributed by atoms with Gasteiger partial charge in [-0.1, -0.05) is 0 Å². The molecular weight excluding hydrogens is 356 g/mol. The van der Waals surface area contributed by atoms with Crippen molar-refractivity contribution in [2.45, 2.75) is 67.6 Å². The quantitative estimate of drug-likeness (QED) is 0.172. The molecule has 0 aromatic rings. The van der Waals surface area contributed by atoms with Crippen LogP contribution in [0.5, 0.6) is 0 Å². The third-order valence-electron chi connectivity index (χ3n) is 4.11. The van der Waals surface area contributed by atoms with Crippen molar-refractivity contribution in [3.8, 4) is 12.3 Å². The van der Waals surface area contributed by atoms with Crippen molar-refractivity contribution >= 4 is 0 Å². The molecule has 11 heteroatoms. The zero-order valence-electron chi connectivity index (χ0n) is 13.8. The molecule has 0 aliphatic carbocycles. The van der Waals surface area contributed by atoms with Gasteiger partial charge in [0.05, 0.1) is 19.3 Å². The first-order valence-electron chi connectivity index (χ1n) is 7.92. The zero-order chi connectivity index (χ0) is 20.0. The third kappa shape index (κ3) is 5.32. The molecule has 9 N–H and O–H groups in total. The Labute approximate surface area is 149 Å². The second-order valence-corrected chi connectivity index (χ2v) is 6.00. The van der Waals surface area contributed by atoms with Crippen LogP contribution in [0.3, 0.4) is 0 Å². The van der Waals surface area contributed by atoms with Crippen LogP contribution in [0.15, 0.2) is 0 Å². The first-order chi connectivity index (χ1) is 12.2.